The molecule has 1 fully saturated rings. The quantitative estimate of drug-likeness (QED) is 0.652. The lowest BCUT2D eigenvalue weighted by molar-refractivity contribution is -0.893. The minimum absolute atomic E-state index is 0.230. The van der Waals surface area contributed by atoms with Crippen LogP contribution in [-0.2, 0) is 0 Å². The first-order valence-electron chi connectivity index (χ1n) is 9.12. The molecule has 2 aliphatic rings. The average Bonchev–Trinajstić information content (AvgIpc) is 3.25. The zero-order valence-electron chi connectivity index (χ0n) is 16.3. The summed E-state index contributed by atoms with van der Waals surface area (Å²) in [6.07, 6.45) is 4.19. The number of nitrogens with zero attached hydrogens (tertiary/aromatic N) is 7. The topological polar surface area (TPSA) is 135 Å². The van der Waals surface area contributed by atoms with Crippen LogP contribution in [-0.4, -0.2) is 71.3 Å². The maximum Gasteiger partial charge on any atom is 0.183 e. The molecule has 4 rings (SSSR count). The zero-order valence-corrected chi connectivity index (χ0v) is 16.3. The van der Waals surface area contributed by atoms with Gasteiger partial charge in [0.05, 0.1) is 45.3 Å². The molecule has 1 unspecified atom stereocenters. The van der Waals surface area contributed by atoms with Crippen molar-refractivity contribution in [3.63, 3.8) is 0 Å². The molecule has 1 atom stereocenters. The molecule has 0 spiro atoms. The molecule has 4 heterocycles. The molecule has 0 radical (unpaired) electrons. The van der Waals surface area contributed by atoms with Crippen molar-refractivity contribution in [3.8, 4) is 0 Å². The fourth-order valence-electron chi connectivity index (χ4n) is 3.51. The van der Waals surface area contributed by atoms with Crippen LogP contribution in [0.25, 0.3) is 0 Å². The summed E-state index contributed by atoms with van der Waals surface area (Å²) < 4.78 is 2.31. The van der Waals surface area contributed by atoms with Crippen molar-refractivity contribution in [3.05, 3.63) is 29.6 Å². The molecule has 146 valence electrons. The molecule has 10 heteroatoms. The SMILES string of the molecule is C[N+](C)(C)C1CCN(c2nc(N=C3C=Nn4c3nccc4=N)c(N)cc2N)C1. The Morgan fingerprint density at radius 3 is 2.75 bits per heavy atom. The number of nitrogen functional groups attached to an aromatic ring is 2. The third kappa shape index (κ3) is 3.11. The minimum atomic E-state index is 0.230. The molecule has 0 saturated carbocycles. The van der Waals surface area contributed by atoms with E-state index in [1.807, 2.05) is 0 Å². The number of pyridine rings is 1. The Morgan fingerprint density at radius 1 is 1.25 bits per heavy atom. The standard InChI is InChI=1S/C18H25N10/c1-28(2,3)11-5-7-26(10-11)17-13(20)8-12(19)16(25-17)24-14-9-23-27-15(21)4-6-22-18(14)27/h4,6,8-9,11,21H,5,7,10,19-20H2,1-3H3/q+1. The molecule has 0 aliphatic carbocycles. The van der Waals surface area contributed by atoms with Crippen molar-refractivity contribution in [1.29, 1.82) is 5.41 Å². The first kappa shape index (κ1) is 18.1. The van der Waals surface area contributed by atoms with Crippen molar-refractivity contribution < 1.29 is 4.48 Å². The summed E-state index contributed by atoms with van der Waals surface area (Å²) in [4.78, 5) is 15.7. The predicted octanol–water partition coefficient (Wildman–Crippen LogP) is 0.175. The van der Waals surface area contributed by atoms with Crippen molar-refractivity contribution in [1.82, 2.24) is 14.6 Å². The highest BCUT2D eigenvalue weighted by molar-refractivity contribution is 6.39. The van der Waals surface area contributed by atoms with Gasteiger partial charge in [-0.2, -0.15) is 9.78 Å². The van der Waals surface area contributed by atoms with E-state index in [1.165, 1.54) is 4.68 Å². The van der Waals surface area contributed by atoms with Gasteiger partial charge in [-0.1, -0.05) is 0 Å². The molecule has 28 heavy (non-hydrogen) atoms. The van der Waals surface area contributed by atoms with Crippen molar-refractivity contribution in [2.24, 2.45) is 10.1 Å². The van der Waals surface area contributed by atoms with Crippen LogP contribution in [0.5, 0.6) is 0 Å². The van der Waals surface area contributed by atoms with Gasteiger partial charge >= 0.3 is 0 Å². The van der Waals surface area contributed by atoms with E-state index in [0.717, 1.165) is 24.0 Å². The lowest BCUT2D eigenvalue weighted by atomic mass is 10.2. The maximum absolute atomic E-state index is 7.90. The smallest absolute Gasteiger partial charge is 0.183 e. The lowest BCUT2D eigenvalue weighted by Gasteiger charge is -2.31. The Morgan fingerprint density at radius 2 is 2.04 bits per heavy atom. The largest absolute Gasteiger partial charge is 0.396 e. The van der Waals surface area contributed by atoms with Crippen LogP contribution >= 0.6 is 0 Å². The molecule has 0 bridgehead atoms. The second kappa shape index (κ2) is 6.41. The molecule has 1 saturated heterocycles. The summed E-state index contributed by atoms with van der Waals surface area (Å²) in [5, 5.41) is 12.1. The molecule has 0 amide bonds. The second-order valence-corrected chi connectivity index (χ2v) is 8.03. The van der Waals surface area contributed by atoms with E-state index in [-0.39, 0.29) is 5.49 Å². The Balaban J connectivity index is 1.70. The summed E-state index contributed by atoms with van der Waals surface area (Å²) in [5.74, 6) is 1.57. The summed E-state index contributed by atoms with van der Waals surface area (Å²) in [7, 11) is 6.61. The highest BCUT2D eigenvalue weighted by Crippen LogP contribution is 2.33. The van der Waals surface area contributed by atoms with E-state index in [2.05, 4.69) is 46.1 Å². The van der Waals surface area contributed by atoms with Crippen LogP contribution in [0.3, 0.4) is 0 Å². The Kier molecular flexibility index (Phi) is 4.15. The van der Waals surface area contributed by atoms with Gasteiger partial charge in [-0.15, -0.1) is 0 Å². The normalized spacial score (nSPS) is 20.2. The molecular weight excluding hydrogens is 356 g/mol. The number of fused-ring (bicyclic) bond motifs is 1. The number of nitrogens with one attached hydrogen (secondary N) is 1. The number of likely N-dealkylation sites (N-methyl/N-ethyl adjacent to an activating group) is 1. The fraction of sp³-hybridized carbons (Fsp3) is 0.389. The third-order valence-electron chi connectivity index (χ3n) is 5.21. The molecule has 2 aromatic heterocycles. The van der Waals surface area contributed by atoms with E-state index in [0.29, 0.717) is 40.6 Å². The first-order chi connectivity index (χ1) is 13.2. The van der Waals surface area contributed by atoms with Gasteiger partial charge in [-0.25, -0.2) is 15.0 Å². The number of aliphatic imine (C=N–C) groups is 1. The monoisotopic (exact) mass is 381 g/mol. The minimum Gasteiger partial charge on any atom is -0.396 e. The first-order valence-corrected chi connectivity index (χ1v) is 9.12. The van der Waals surface area contributed by atoms with Crippen LogP contribution in [0.15, 0.2) is 28.4 Å². The highest BCUT2D eigenvalue weighted by Gasteiger charge is 2.33. The van der Waals surface area contributed by atoms with Crippen LogP contribution in [0, 0.1) is 5.41 Å². The summed E-state index contributed by atoms with van der Waals surface area (Å²) in [6.45, 7) is 1.77. The van der Waals surface area contributed by atoms with Crippen LogP contribution in [0.2, 0.25) is 0 Å². The molecule has 2 aromatic rings. The van der Waals surface area contributed by atoms with Crippen molar-refractivity contribution >= 4 is 34.9 Å². The Hall–Kier alpha value is -3.27. The van der Waals surface area contributed by atoms with Gasteiger partial charge in [0.25, 0.3) is 0 Å². The van der Waals surface area contributed by atoms with Crippen LogP contribution in [0.4, 0.5) is 23.0 Å². The number of anilines is 3. The van der Waals surface area contributed by atoms with E-state index in [4.69, 9.17) is 16.9 Å². The van der Waals surface area contributed by atoms with Crippen molar-refractivity contribution in [2.75, 3.05) is 50.6 Å². The van der Waals surface area contributed by atoms with E-state index in [9.17, 15) is 0 Å². The molecule has 10 nitrogen and oxygen atoms in total. The number of quaternary nitrogens is 1. The van der Waals surface area contributed by atoms with E-state index < -0.39 is 0 Å². The van der Waals surface area contributed by atoms with Gasteiger partial charge in [-0.3, -0.25) is 5.41 Å². The van der Waals surface area contributed by atoms with Gasteiger partial charge in [0.15, 0.2) is 17.5 Å². The maximum atomic E-state index is 7.90. The molecule has 0 aromatic carbocycles. The highest BCUT2D eigenvalue weighted by atomic mass is 15.4. The van der Waals surface area contributed by atoms with Crippen molar-refractivity contribution in [2.45, 2.75) is 12.5 Å². The Bertz CT molecular complexity index is 1040. The fourth-order valence-corrected chi connectivity index (χ4v) is 3.51. The summed E-state index contributed by atoms with van der Waals surface area (Å²) >= 11 is 0. The summed E-state index contributed by atoms with van der Waals surface area (Å²) in [6, 6.07) is 3.78. The lowest BCUT2D eigenvalue weighted by Crippen LogP contribution is -2.46. The number of hydrogen-bond acceptors (Lipinski definition) is 8. The number of nitrogens with two attached hydrogens (primary N) is 2. The number of rotatable bonds is 3. The summed E-state index contributed by atoms with van der Waals surface area (Å²) in [5.41, 5.74) is 14.0. The van der Waals surface area contributed by atoms with Gasteiger partial charge in [0, 0.05) is 25.2 Å². The second-order valence-electron chi connectivity index (χ2n) is 8.03. The molecule has 5 N–H and O–H groups in total. The van der Waals surface area contributed by atoms with Gasteiger partial charge < -0.3 is 20.9 Å². The van der Waals surface area contributed by atoms with Gasteiger partial charge in [-0.05, 0) is 6.07 Å². The van der Waals surface area contributed by atoms with Crippen LogP contribution in [0.1, 0.15) is 12.2 Å². The van der Waals surface area contributed by atoms with E-state index in [1.54, 1.807) is 24.5 Å². The number of aromatic nitrogens is 3. The van der Waals surface area contributed by atoms with Crippen LogP contribution < -0.4 is 21.9 Å². The average molecular weight is 381 g/mol. The van der Waals surface area contributed by atoms with Gasteiger partial charge in [0.1, 0.15) is 17.2 Å². The molecular formula is C18H25N10+. The molecule has 2 aliphatic heterocycles. The predicted molar refractivity (Wildman–Crippen MR) is 110 cm³/mol. The Labute approximate surface area is 162 Å². The number of hydrogen-bond donors (Lipinski definition) is 3. The zero-order chi connectivity index (χ0) is 20.1. The van der Waals surface area contributed by atoms with Gasteiger partial charge in [0.2, 0.25) is 0 Å². The third-order valence-corrected chi connectivity index (χ3v) is 5.21. The van der Waals surface area contributed by atoms with E-state index >= 15 is 0 Å².